The number of ether oxygens (including phenoxy) is 1. The van der Waals surface area contributed by atoms with Crippen molar-refractivity contribution in [1.29, 1.82) is 0 Å². The molecule has 2 aromatic carbocycles. The molecule has 2 rings (SSSR count). The highest BCUT2D eigenvalue weighted by molar-refractivity contribution is 6.03. The van der Waals surface area contributed by atoms with Crippen LogP contribution in [-0.4, -0.2) is 38.0 Å². The number of carbonyl (C=O) groups excluding carboxylic acids is 3. The van der Waals surface area contributed by atoms with Crippen LogP contribution in [0.3, 0.4) is 0 Å². The Kier molecular flexibility index (Phi) is 6.49. The van der Waals surface area contributed by atoms with Crippen LogP contribution in [0.25, 0.3) is 0 Å². The van der Waals surface area contributed by atoms with Gasteiger partial charge in [0.05, 0.1) is 12.2 Å². The molecule has 0 saturated heterocycles. The first kappa shape index (κ1) is 19.2. The van der Waals surface area contributed by atoms with Gasteiger partial charge in [-0.15, -0.1) is 0 Å². The lowest BCUT2D eigenvalue weighted by Crippen LogP contribution is -2.40. The molecule has 0 aliphatic rings. The molecular weight excluding hydrogens is 332 g/mol. The number of rotatable bonds is 6. The van der Waals surface area contributed by atoms with E-state index in [2.05, 4.69) is 0 Å². The van der Waals surface area contributed by atoms with Crippen molar-refractivity contribution >= 4 is 29.2 Å². The molecular formula is C20H22N2O4. The van der Waals surface area contributed by atoms with Gasteiger partial charge in [-0.1, -0.05) is 18.2 Å². The van der Waals surface area contributed by atoms with Gasteiger partial charge in [0.15, 0.2) is 0 Å². The van der Waals surface area contributed by atoms with E-state index in [1.54, 1.807) is 38.2 Å². The largest absolute Gasteiger partial charge is 0.462 e. The first-order valence-corrected chi connectivity index (χ1v) is 8.31. The van der Waals surface area contributed by atoms with E-state index in [9.17, 15) is 14.4 Å². The quantitative estimate of drug-likeness (QED) is 0.748. The van der Waals surface area contributed by atoms with E-state index in [4.69, 9.17) is 4.74 Å². The summed E-state index contributed by atoms with van der Waals surface area (Å²) < 4.78 is 4.94. The Bertz CT molecular complexity index is 772. The lowest BCUT2D eigenvalue weighted by Gasteiger charge is -2.24. The predicted molar refractivity (Wildman–Crippen MR) is 100 cm³/mol. The van der Waals surface area contributed by atoms with E-state index in [1.165, 1.54) is 16.7 Å². The average Bonchev–Trinajstić information content (AvgIpc) is 2.66. The van der Waals surface area contributed by atoms with Crippen LogP contribution in [0, 0.1) is 0 Å². The fraction of sp³-hybridized carbons (Fsp3) is 0.250. The van der Waals surface area contributed by atoms with Gasteiger partial charge < -0.3 is 14.5 Å². The summed E-state index contributed by atoms with van der Waals surface area (Å²) in [7, 11) is 1.67. The fourth-order valence-electron chi connectivity index (χ4n) is 2.41. The molecule has 0 aliphatic carbocycles. The Morgan fingerprint density at radius 2 is 1.54 bits per heavy atom. The minimum Gasteiger partial charge on any atom is -0.462 e. The van der Waals surface area contributed by atoms with Crippen molar-refractivity contribution in [2.45, 2.75) is 13.8 Å². The molecule has 0 atom stereocenters. The third-order valence-electron chi connectivity index (χ3n) is 3.88. The van der Waals surface area contributed by atoms with Crippen LogP contribution in [0.4, 0.5) is 11.4 Å². The van der Waals surface area contributed by atoms with Crippen LogP contribution < -0.4 is 9.80 Å². The van der Waals surface area contributed by atoms with Crippen molar-refractivity contribution in [3.63, 3.8) is 0 Å². The number of anilines is 2. The Morgan fingerprint density at radius 1 is 0.923 bits per heavy atom. The Morgan fingerprint density at radius 3 is 2.08 bits per heavy atom. The molecule has 0 spiro atoms. The first-order valence-electron chi connectivity index (χ1n) is 8.31. The Labute approximate surface area is 153 Å². The second kappa shape index (κ2) is 8.80. The minimum absolute atomic E-state index is 0.0977. The maximum absolute atomic E-state index is 12.5. The van der Waals surface area contributed by atoms with Crippen LogP contribution in [0.5, 0.6) is 0 Å². The number of nitrogens with zero attached hydrogens (tertiary/aromatic N) is 2. The monoisotopic (exact) mass is 354 g/mol. The SMILES string of the molecule is CCOC(=O)c1ccc(N(CC(=O)N(C)c2ccccc2)C(C)=O)cc1. The lowest BCUT2D eigenvalue weighted by molar-refractivity contribution is -0.121. The van der Waals surface area contributed by atoms with Gasteiger partial charge in [-0.05, 0) is 43.3 Å². The maximum atomic E-state index is 12.5. The summed E-state index contributed by atoms with van der Waals surface area (Å²) in [5, 5.41) is 0. The van der Waals surface area contributed by atoms with Gasteiger partial charge in [-0.3, -0.25) is 9.59 Å². The standard InChI is InChI=1S/C20H22N2O4/c1-4-26-20(25)16-10-12-18(13-11-16)22(15(2)23)14-19(24)21(3)17-8-6-5-7-9-17/h5-13H,4,14H2,1-3H3. The molecule has 0 saturated carbocycles. The summed E-state index contributed by atoms with van der Waals surface area (Å²) in [6.45, 7) is 3.33. The second-order valence-electron chi connectivity index (χ2n) is 5.66. The zero-order chi connectivity index (χ0) is 19.1. The fourth-order valence-corrected chi connectivity index (χ4v) is 2.41. The highest BCUT2D eigenvalue weighted by Crippen LogP contribution is 2.18. The summed E-state index contributed by atoms with van der Waals surface area (Å²) in [4.78, 5) is 39.2. The van der Waals surface area contributed by atoms with Crippen molar-refractivity contribution in [2.24, 2.45) is 0 Å². The normalized spacial score (nSPS) is 10.1. The molecule has 0 unspecified atom stereocenters. The van der Waals surface area contributed by atoms with Crippen LogP contribution >= 0.6 is 0 Å². The molecule has 2 aromatic rings. The molecule has 0 aromatic heterocycles. The summed E-state index contributed by atoms with van der Waals surface area (Å²) in [5.74, 6) is -0.905. The van der Waals surface area contributed by atoms with Crippen molar-refractivity contribution in [3.8, 4) is 0 Å². The first-order chi connectivity index (χ1) is 12.4. The molecule has 0 aliphatic heterocycles. The van der Waals surface area contributed by atoms with Crippen LogP contribution in [0.2, 0.25) is 0 Å². The van der Waals surface area contributed by atoms with E-state index in [0.29, 0.717) is 17.9 Å². The van der Waals surface area contributed by atoms with Crippen molar-refractivity contribution in [1.82, 2.24) is 0 Å². The van der Waals surface area contributed by atoms with Crippen molar-refractivity contribution < 1.29 is 19.1 Å². The second-order valence-corrected chi connectivity index (χ2v) is 5.66. The van der Waals surface area contributed by atoms with E-state index in [1.807, 2.05) is 30.3 Å². The van der Waals surface area contributed by atoms with Gasteiger partial charge in [-0.25, -0.2) is 4.79 Å². The minimum atomic E-state index is -0.423. The number of benzene rings is 2. The van der Waals surface area contributed by atoms with Crippen molar-refractivity contribution in [2.75, 3.05) is 30.0 Å². The number of carbonyl (C=O) groups is 3. The van der Waals surface area contributed by atoms with E-state index >= 15 is 0 Å². The van der Waals surface area contributed by atoms with Gasteiger partial charge in [0.1, 0.15) is 6.54 Å². The summed E-state index contributed by atoms with van der Waals surface area (Å²) in [6, 6.07) is 15.6. The van der Waals surface area contributed by atoms with Gasteiger partial charge in [0, 0.05) is 25.3 Å². The third-order valence-corrected chi connectivity index (χ3v) is 3.88. The average molecular weight is 354 g/mol. The highest BCUT2D eigenvalue weighted by Gasteiger charge is 2.19. The number of esters is 1. The number of likely N-dealkylation sites (N-methyl/N-ethyl adjacent to an activating group) is 1. The smallest absolute Gasteiger partial charge is 0.338 e. The third kappa shape index (κ3) is 4.69. The van der Waals surface area contributed by atoms with Gasteiger partial charge in [0.2, 0.25) is 11.8 Å². The van der Waals surface area contributed by atoms with Gasteiger partial charge >= 0.3 is 5.97 Å². The van der Waals surface area contributed by atoms with E-state index < -0.39 is 5.97 Å². The van der Waals surface area contributed by atoms with E-state index in [0.717, 1.165) is 5.69 Å². The van der Waals surface area contributed by atoms with Gasteiger partial charge in [-0.2, -0.15) is 0 Å². The molecule has 0 N–H and O–H groups in total. The molecule has 6 heteroatoms. The number of hydrogen-bond donors (Lipinski definition) is 0. The molecule has 0 radical (unpaired) electrons. The number of amides is 2. The van der Waals surface area contributed by atoms with Crippen molar-refractivity contribution in [3.05, 3.63) is 60.2 Å². The zero-order valence-corrected chi connectivity index (χ0v) is 15.1. The number of para-hydroxylation sites is 1. The Hall–Kier alpha value is -3.15. The molecule has 136 valence electrons. The van der Waals surface area contributed by atoms with Crippen LogP contribution in [0.1, 0.15) is 24.2 Å². The highest BCUT2D eigenvalue weighted by atomic mass is 16.5. The van der Waals surface area contributed by atoms with Crippen LogP contribution in [0.15, 0.2) is 54.6 Å². The summed E-state index contributed by atoms with van der Waals surface area (Å²) >= 11 is 0. The maximum Gasteiger partial charge on any atom is 0.338 e. The van der Waals surface area contributed by atoms with E-state index in [-0.39, 0.29) is 18.4 Å². The molecule has 2 amide bonds. The topological polar surface area (TPSA) is 66.9 Å². The lowest BCUT2D eigenvalue weighted by atomic mass is 10.2. The predicted octanol–water partition coefficient (Wildman–Crippen LogP) is 2.88. The molecule has 26 heavy (non-hydrogen) atoms. The summed E-state index contributed by atoms with van der Waals surface area (Å²) in [6.07, 6.45) is 0. The summed E-state index contributed by atoms with van der Waals surface area (Å²) in [5.41, 5.74) is 1.69. The molecule has 0 heterocycles. The molecule has 0 bridgehead atoms. The zero-order valence-electron chi connectivity index (χ0n) is 15.1. The molecule has 6 nitrogen and oxygen atoms in total. The molecule has 0 fully saturated rings. The van der Waals surface area contributed by atoms with Crippen LogP contribution in [-0.2, 0) is 14.3 Å². The Balaban J connectivity index is 2.15. The number of hydrogen-bond acceptors (Lipinski definition) is 4. The van der Waals surface area contributed by atoms with Gasteiger partial charge in [0.25, 0.3) is 0 Å².